The van der Waals surface area contributed by atoms with Crippen LogP contribution in [0.2, 0.25) is 0 Å². The fourth-order valence-electron chi connectivity index (χ4n) is 4.31. The van der Waals surface area contributed by atoms with Crippen LogP contribution in [0.5, 0.6) is 0 Å². The number of imidazole rings is 1. The molecule has 202 valence electrons. The van der Waals surface area contributed by atoms with Gasteiger partial charge in [0.1, 0.15) is 24.1 Å². The van der Waals surface area contributed by atoms with E-state index in [1.54, 1.807) is 40.9 Å². The monoisotopic (exact) mass is 588 g/mol. The number of β-lactam (4-membered cyclic amide) rings is 1. The number of aliphatic carboxylic acids is 1. The summed E-state index contributed by atoms with van der Waals surface area (Å²) in [6.07, 6.45) is 3.09. The van der Waals surface area contributed by atoms with Crippen LogP contribution in [0.4, 0.5) is 10.9 Å². The van der Waals surface area contributed by atoms with E-state index in [1.165, 1.54) is 16.3 Å². The Kier molecular flexibility index (Phi) is 6.51. The fraction of sp³-hybridized carbons (Fsp3) is 0.333. The highest BCUT2D eigenvalue weighted by molar-refractivity contribution is 8.00. The molecule has 2 saturated heterocycles. The summed E-state index contributed by atoms with van der Waals surface area (Å²) in [4.78, 5) is 49.1. The number of carboxylic acids is 1. The van der Waals surface area contributed by atoms with Gasteiger partial charge in [-0.2, -0.15) is 21.1 Å². The Labute approximate surface area is 232 Å². The van der Waals surface area contributed by atoms with Crippen molar-refractivity contribution in [3.63, 3.8) is 0 Å². The highest BCUT2D eigenvalue weighted by Gasteiger charge is 2.53. The van der Waals surface area contributed by atoms with Crippen molar-refractivity contribution in [2.75, 3.05) is 28.7 Å². The first-order valence-corrected chi connectivity index (χ1v) is 14.5. The van der Waals surface area contributed by atoms with Crippen molar-refractivity contribution in [1.29, 1.82) is 0 Å². The maximum Gasteiger partial charge on any atom is 0.309 e. The molecular formula is C21H20N10O5S3. The van der Waals surface area contributed by atoms with Gasteiger partial charge in [-0.1, -0.05) is 14.8 Å². The third kappa shape index (κ3) is 4.53. The van der Waals surface area contributed by atoms with E-state index < -0.39 is 29.2 Å². The minimum Gasteiger partial charge on any atom is -0.543 e. The number of nitrogens with zero attached hydrogens (tertiary/aromatic N) is 7. The number of anilines is 2. The molecule has 0 aromatic carbocycles. The molecule has 39 heavy (non-hydrogen) atoms. The quantitative estimate of drug-likeness (QED) is 0.109. The molecule has 6 heterocycles. The molecule has 0 unspecified atom stereocenters. The number of thioether (sulfide) groups is 2. The second-order valence-electron chi connectivity index (χ2n) is 8.74. The molecule has 2 fully saturated rings. The Morgan fingerprint density at radius 2 is 2.15 bits per heavy atom. The Balaban J connectivity index is 1.22. The summed E-state index contributed by atoms with van der Waals surface area (Å²) in [6, 6.07) is 2.53. The Morgan fingerprint density at radius 3 is 2.85 bits per heavy atom. The van der Waals surface area contributed by atoms with Crippen molar-refractivity contribution < 1.29 is 28.9 Å². The largest absolute Gasteiger partial charge is 0.543 e. The van der Waals surface area contributed by atoms with Crippen LogP contribution < -0.4 is 26.5 Å². The van der Waals surface area contributed by atoms with Gasteiger partial charge >= 0.3 is 5.65 Å². The zero-order valence-corrected chi connectivity index (χ0v) is 22.4. The van der Waals surface area contributed by atoms with Crippen molar-refractivity contribution in [2.24, 2.45) is 5.16 Å². The van der Waals surface area contributed by atoms with Crippen molar-refractivity contribution >= 4 is 75.1 Å². The lowest BCUT2D eigenvalue weighted by Crippen LogP contribution is -2.71. The molecule has 3 aliphatic heterocycles. The number of hydrogen-bond donors (Lipinski definition) is 3. The summed E-state index contributed by atoms with van der Waals surface area (Å²) in [7, 11) is 0. The summed E-state index contributed by atoms with van der Waals surface area (Å²) in [5.74, 6) is -0.706. The topological polar surface area (TPSA) is 210 Å². The number of carbonyl (C=O) groups excluding carboxylic acids is 3. The number of nitrogens with one attached hydrogen (secondary N) is 1. The number of fused-ring (bicyclic) bond motifs is 2. The van der Waals surface area contributed by atoms with Crippen LogP contribution in [0.15, 0.2) is 41.0 Å². The zero-order chi connectivity index (χ0) is 27.3. The van der Waals surface area contributed by atoms with E-state index in [0.29, 0.717) is 17.0 Å². The van der Waals surface area contributed by atoms with Crippen molar-refractivity contribution in [1.82, 2.24) is 29.2 Å². The van der Waals surface area contributed by atoms with E-state index in [9.17, 15) is 19.5 Å². The van der Waals surface area contributed by atoms with Gasteiger partial charge in [0.25, 0.3) is 17.6 Å². The van der Waals surface area contributed by atoms with Gasteiger partial charge in [-0.05, 0) is 6.07 Å². The van der Waals surface area contributed by atoms with E-state index in [4.69, 9.17) is 16.3 Å². The first-order chi connectivity index (χ1) is 18.8. The summed E-state index contributed by atoms with van der Waals surface area (Å²) < 4.78 is 7.31. The van der Waals surface area contributed by atoms with E-state index >= 15 is 0 Å². The molecule has 0 spiro atoms. The molecular weight excluding hydrogens is 568 g/mol. The minimum atomic E-state index is -1.49. The van der Waals surface area contributed by atoms with Crippen molar-refractivity contribution in [3.05, 3.63) is 41.6 Å². The molecule has 2 atom stereocenters. The second-order valence-corrected chi connectivity index (χ2v) is 11.7. The number of hydrogen-bond acceptors (Lipinski definition) is 14. The highest BCUT2D eigenvalue weighted by atomic mass is 32.2. The van der Waals surface area contributed by atoms with Gasteiger partial charge in [-0.3, -0.25) is 14.5 Å². The number of rotatable bonds is 8. The lowest BCUT2D eigenvalue weighted by Gasteiger charge is -2.50. The number of carbonyl (C=O) groups is 3. The van der Waals surface area contributed by atoms with Gasteiger partial charge in [0, 0.05) is 40.4 Å². The lowest BCUT2D eigenvalue weighted by molar-refractivity contribution is -0.662. The Morgan fingerprint density at radius 1 is 1.33 bits per heavy atom. The van der Waals surface area contributed by atoms with Crippen LogP contribution in [0.3, 0.4) is 0 Å². The van der Waals surface area contributed by atoms with Crippen molar-refractivity contribution in [2.45, 2.75) is 24.1 Å². The minimum absolute atomic E-state index is 0.0231. The summed E-state index contributed by atoms with van der Waals surface area (Å²) in [6.45, 7) is 0.154. The van der Waals surface area contributed by atoms with Gasteiger partial charge in [0.05, 0.1) is 17.9 Å². The lowest BCUT2D eigenvalue weighted by atomic mass is 10.0. The predicted octanol–water partition coefficient (Wildman–Crippen LogP) is -2.42. The van der Waals surface area contributed by atoms with Crippen LogP contribution in [0.1, 0.15) is 5.82 Å². The van der Waals surface area contributed by atoms with Gasteiger partial charge < -0.3 is 31.5 Å². The maximum absolute atomic E-state index is 13.2. The van der Waals surface area contributed by atoms with E-state index in [2.05, 4.69) is 24.9 Å². The van der Waals surface area contributed by atoms with Crippen LogP contribution >= 0.6 is 35.1 Å². The molecule has 5 N–H and O–H groups in total. The summed E-state index contributed by atoms with van der Waals surface area (Å²) >= 11 is 3.89. The zero-order valence-electron chi connectivity index (χ0n) is 19.9. The maximum atomic E-state index is 13.2. The third-order valence-corrected chi connectivity index (χ3v) is 9.31. The summed E-state index contributed by atoms with van der Waals surface area (Å²) in [5, 5.41) is 22.4. The van der Waals surface area contributed by atoms with Crippen LogP contribution in [0.25, 0.3) is 5.65 Å². The molecule has 18 heteroatoms. The number of oxime groups is 1. The SMILES string of the molecule is Nc1nc(/C(=N/OC2CSC2)C(=O)N[C@@H]2C(=O)N3C(C(=O)[O-])=C(C[n+]4cc(N)n5ncccc54)CS[C@H]23)ns1. The molecule has 0 bridgehead atoms. The fourth-order valence-corrected chi connectivity index (χ4v) is 6.63. The predicted molar refractivity (Wildman–Crippen MR) is 140 cm³/mol. The normalized spacial score (nSPS) is 21.4. The van der Waals surface area contributed by atoms with Crippen LogP contribution in [-0.2, 0) is 25.8 Å². The molecule has 0 aliphatic carbocycles. The number of nitrogens with two attached hydrogens (primary N) is 2. The molecule has 3 aromatic heterocycles. The summed E-state index contributed by atoms with van der Waals surface area (Å²) in [5.41, 5.74) is 12.4. The second kappa shape index (κ2) is 10.0. The highest BCUT2D eigenvalue weighted by Crippen LogP contribution is 2.40. The van der Waals surface area contributed by atoms with E-state index in [-0.39, 0.29) is 40.8 Å². The molecule has 0 saturated carbocycles. The standard InChI is InChI=1S/C21H20N10O5S3/c22-11-5-29(12-2-1-3-24-31(11)12)4-9-6-38-19-14(18(33)30(19)15(9)20(34)35)25-17(32)13(16-26-21(23)39-28-16)27-36-10-7-37-8-10/h1-3,5,10,14,19H,4,6-8H2,(H5-,22,23,24,25,26,28,32,34,35)/b27-13-/t14-,19-/m1/s1. The average molecular weight is 589 g/mol. The number of amides is 2. The van der Waals surface area contributed by atoms with Crippen LogP contribution in [0, 0.1) is 0 Å². The molecule has 15 nitrogen and oxygen atoms in total. The molecule has 2 amide bonds. The average Bonchev–Trinajstić information content (AvgIpc) is 3.46. The molecule has 3 aromatic rings. The van der Waals surface area contributed by atoms with Gasteiger partial charge in [0.15, 0.2) is 11.3 Å². The number of aromatic nitrogens is 5. The van der Waals surface area contributed by atoms with Gasteiger partial charge in [0.2, 0.25) is 11.5 Å². The molecule has 3 aliphatic rings. The Hall–Kier alpha value is -3.90. The Bertz CT molecular complexity index is 1560. The number of nitrogen functional groups attached to an aromatic ring is 2. The van der Waals surface area contributed by atoms with Crippen molar-refractivity contribution in [3.8, 4) is 0 Å². The first kappa shape index (κ1) is 25.4. The van der Waals surface area contributed by atoms with E-state index in [1.807, 2.05) is 0 Å². The molecule has 0 radical (unpaired) electrons. The van der Waals surface area contributed by atoms with E-state index in [0.717, 1.165) is 27.9 Å². The third-order valence-electron chi connectivity index (χ3n) is 6.22. The number of carboxylic acid groups (broad SMARTS) is 1. The van der Waals surface area contributed by atoms with Gasteiger partial charge in [-0.25, -0.2) is 4.57 Å². The smallest absolute Gasteiger partial charge is 0.309 e. The molecule has 6 rings (SSSR count). The first-order valence-electron chi connectivity index (χ1n) is 11.5. The van der Waals surface area contributed by atoms with Gasteiger partial charge in [-0.15, -0.1) is 11.8 Å². The van der Waals surface area contributed by atoms with Crippen LogP contribution in [-0.4, -0.2) is 82.1 Å².